The van der Waals surface area contributed by atoms with Crippen LogP contribution >= 0.6 is 0 Å². The number of hydrogen-bond acceptors (Lipinski definition) is 5. The van der Waals surface area contributed by atoms with Gasteiger partial charge in [0.15, 0.2) is 11.6 Å². The summed E-state index contributed by atoms with van der Waals surface area (Å²) in [4.78, 5) is 23.6. The van der Waals surface area contributed by atoms with E-state index in [4.69, 9.17) is 0 Å². The lowest BCUT2D eigenvalue weighted by molar-refractivity contribution is -0.131. The number of Topliss-reactive ketones (excluding diaryl/α,β-unsaturated/α-hetero) is 2. The molecule has 0 amide bonds. The number of rotatable bonds is 7. The summed E-state index contributed by atoms with van der Waals surface area (Å²) in [6.07, 6.45) is 0. The molecule has 0 aliphatic rings. The minimum Gasteiger partial charge on any atom is -0.311 e. The van der Waals surface area contributed by atoms with Gasteiger partial charge in [-0.25, -0.2) is 0 Å². The van der Waals surface area contributed by atoms with Crippen molar-refractivity contribution >= 4 is 11.6 Å². The zero-order valence-electron chi connectivity index (χ0n) is 10.0. The zero-order valence-corrected chi connectivity index (χ0v) is 10.0. The van der Waals surface area contributed by atoms with E-state index in [2.05, 4.69) is 16.0 Å². The number of hydrogen-bond donors (Lipinski definition) is 3. The smallest absolute Gasteiger partial charge is 0.173 e. The zero-order chi connectivity index (χ0) is 12.0. The fourth-order valence-electron chi connectivity index (χ4n) is 1.21. The second-order valence-electron chi connectivity index (χ2n) is 3.55. The van der Waals surface area contributed by atoms with Gasteiger partial charge in [-0.05, 0) is 35.0 Å². The van der Waals surface area contributed by atoms with Gasteiger partial charge in [0, 0.05) is 0 Å². The standard InChI is InChI=1S/C10H21N3O2/c1-6(11-3)9(14)8(13-5)10(15)7(2)12-4/h6-8,11-13H,1-5H3. The van der Waals surface area contributed by atoms with Crippen molar-refractivity contribution in [1.82, 2.24) is 16.0 Å². The molecule has 2 atom stereocenters. The van der Waals surface area contributed by atoms with Crippen molar-refractivity contribution < 1.29 is 9.59 Å². The van der Waals surface area contributed by atoms with Crippen molar-refractivity contribution in [3.63, 3.8) is 0 Å². The van der Waals surface area contributed by atoms with E-state index in [1.807, 2.05) is 0 Å². The molecule has 0 heterocycles. The predicted octanol–water partition coefficient (Wildman–Crippen LogP) is -1.07. The molecule has 0 fully saturated rings. The van der Waals surface area contributed by atoms with Gasteiger partial charge in [0.1, 0.15) is 6.04 Å². The number of nitrogens with one attached hydrogen (secondary N) is 3. The lowest BCUT2D eigenvalue weighted by atomic mass is 9.98. The van der Waals surface area contributed by atoms with Crippen molar-refractivity contribution in [3.8, 4) is 0 Å². The van der Waals surface area contributed by atoms with Crippen molar-refractivity contribution in [2.75, 3.05) is 21.1 Å². The number of carbonyl (C=O) groups excluding carboxylic acids is 2. The Morgan fingerprint density at radius 1 is 0.800 bits per heavy atom. The van der Waals surface area contributed by atoms with Crippen LogP contribution in [0.1, 0.15) is 13.8 Å². The van der Waals surface area contributed by atoms with Gasteiger partial charge >= 0.3 is 0 Å². The van der Waals surface area contributed by atoms with E-state index in [1.165, 1.54) is 0 Å². The van der Waals surface area contributed by atoms with E-state index in [-0.39, 0.29) is 23.7 Å². The van der Waals surface area contributed by atoms with Crippen molar-refractivity contribution in [1.29, 1.82) is 0 Å². The highest BCUT2D eigenvalue weighted by molar-refractivity contribution is 6.10. The van der Waals surface area contributed by atoms with E-state index in [9.17, 15) is 9.59 Å². The van der Waals surface area contributed by atoms with Crippen LogP contribution in [-0.2, 0) is 9.59 Å². The topological polar surface area (TPSA) is 70.2 Å². The highest BCUT2D eigenvalue weighted by Gasteiger charge is 2.30. The first kappa shape index (κ1) is 14.2. The second kappa shape index (κ2) is 6.66. The lowest BCUT2D eigenvalue weighted by Gasteiger charge is -2.20. The normalized spacial score (nSPS) is 16.9. The van der Waals surface area contributed by atoms with E-state index < -0.39 is 6.04 Å². The molecule has 0 saturated heterocycles. The molecule has 0 spiro atoms. The van der Waals surface area contributed by atoms with Crippen LogP contribution in [0.3, 0.4) is 0 Å². The highest BCUT2D eigenvalue weighted by Crippen LogP contribution is 1.98. The van der Waals surface area contributed by atoms with Gasteiger partial charge in [0.25, 0.3) is 0 Å². The fourth-order valence-corrected chi connectivity index (χ4v) is 1.21. The van der Waals surface area contributed by atoms with Gasteiger partial charge in [-0.15, -0.1) is 0 Å². The minimum atomic E-state index is -0.741. The molecule has 5 heteroatoms. The summed E-state index contributed by atoms with van der Waals surface area (Å²) in [5.41, 5.74) is 0. The summed E-state index contributed by atoms with van der Waals surface area (Å²) in [6.45, 7) is 3.48. The first-order valence-electron chi connectivity index (χ1n) is 5.08. The van der Waals surface area contributed by atoms with Crippen molar-refractivity contribution in [2.45, 2.75) is 32.0 Å². The Balaban J connectivity index is 4.61. The van der Waals surface area contributed by atoms with Gasteiger partial charge in [-0.3, -0.25) is 9.59 Å². The van der Waals surface area contributed by atoms with Crippen LogP contribution < -0.4 is 16.0 Å². The number of carbonyl (C=O) groups is 2. The van der Waals surface area contributed by atoms with Crippen molar-refractivity contribution in [3.05, 3.63) is 0 Å². The number of ketones is 2. The summed E-state index contributed by atoms with van der Waals surface area (Å²) < 4.78 is 0. The van der Waals surface area contributed by atoms with Crippen LogP contribution in [0.2, 0.25) is 0 Å². The van der Waals surface area contributed by atoms with Gasteiger partial charge in [0.05, 0.1) is 12.1 Å². The second-order valence-corrected chi connectivity index (χ2v) is 3.55. The Morgan fingerprint density at radius 2 is 1.13 bits per heavy atom. The maximum Gasteiger partial charge on any atom is 0.173 e. The molecular weight excluding hydrogens is 194 g/mol. The van der Waals surface area contributed by atoms with Crippen molar-refractivity contribution in [2.24, 2.45) is 0 Å². The van der Waals surface area contributed by atoms with Crippen LogP contribution in [0.15, 0.2) is 0 Å². The Morgan fingerprint density at radius 3 is 1.33 bits per heavy atom. The highest BCUT2D eigenvalue weighted by atomic mass is 16.2. The third kappa shape index (κ3) is 3.70. The molecule has 0 rings (SSSR count). The molecule has 0 radical (unpaired) electrons. The Hall–Kier alpha value is -0.780. The maximum absolute atomic E-state index is 11.8. The molecule has 15 heavy (non-hydrogen) atoms. The molecule has 0 aliphatic heterocycles. The lowest BCUT2D eigenvalue weighted by Crippen LogP contribution is -2.53. The first-order valence-corrected chi connectivity index (χ1v) is 5.08. The molecular formula is C10H21N3O2. The van der Waals surface area contributed by atoms with Crippen LogP contribution in [0.25, 0.3) is 0 Å². The van der Waals surface area contributed by atoms with Crippen LogP contribution in [0, 0.1) is 0 Å². The maximum atomic E-state index is 11.8. The summed E-state index contributed by atoms with van der Waals surface area (Å²) in [6, 6.07) is -1.39. The van der Waals surface area contributed by atoms with Crippen LogP contribution in [0.5, 0.6) is 0 Å². The molecule has 0 aromatic carbocycles. The molecule has 2 unspecified atom stereocenters. The van der Waals surface area contributed by atoms with Crippen LogP contribution in [-0.4, -0.2) is 50.8 Å². The van der Waals surface area contributed by atoms with Gasteiger partial charge < -0.3 is 16.0 Å². The molecule has 0 aliphatic carbocycles. The first-order chi connectivity index (χ1) is 6.99. The Labute approximate surface area is 91.0 Å². The predicted molar refractivity (Wildman–Crippen MR) is 59.9 cm³/mol. The molecule has 0 aromatic rings. The average Bonchev–Trinajstić information content (AvgIpc) is 2.27. The summed E-state index contributed by atoms with van der Waals surface area (Å²) in [5, 5.41) is 8.41. The Kier molecular flexibility index (Phi) is 6.31. The molecule has 0 aromatic heterocycles. The number of likely N-dealkylation sites (N-methyl/N-ethyl adjacent to an activating group) is 3. The van der Waals surface area contributed by atoms with E-state index in [0.29, 0.717) is 0 Å². The third-order valence-electron chi connectivity index (χ3n) is 2.58. The molecule has 88 valence electrons. The SMILES string of the molecule is CNC(C)C(=O)C(NC)C(=O)C(C)NC. The third-order valence-corrected chi connectivity index (χ3v) is 2.58. The monoisotopic (exact) mass is 215 g/mol. The average molecular weight is 215 g/mol. The molecule has 3 N–H and O–H groups in total. The summed E-state index contributed by atoms with van der Waals surface area (Å²) in [5.74, 6) is -0.265. The molecule has 0 bridgehead atoms. The van der Waals surface area contributed by atoms with Gasteiger partial charge in [-0.2, -0.15) is 0 Å². The van der Waals surface area contributed by atoms with E-state index >= 15 is 0 Å². The quantitative estimate of drug-likeness (QED) is 0.472. The van der Waals surface area contributed by atoms with E-state index in [1.54, 1.807) is 35.0 Å². The summed E-state index contributed by atoms with van der Waals surface area (Å²) >= 11 is 0. The fraction of sp³-hybridized carbons (Fsp3) is 0.800. The molecule has 5 nitrogen and oxygen atoms in total. The Bertz CT molecular complexity index is 209. The largest absolute Gasteiger partial charge is 0.311 e. The van der Waals surface area contributed by atoms with Gasteiger partial charge in [0.2, 0.25) is 0 Å². The minimum absolute atomic E-state index is 0.132. The van der Waals surface area contributed by atoms with E-state index in [0.717, 1.165) is 0 Å². The summed E-state index contributed by atoms with van der Waals surface area (Å²) in [7, 11) is 5.01. The van der Waals surface area contributed by atoms with Crippen LogP contribution in [0.4, 0.5) is 0 Å². The molecule has 0 saturated carbocycles. The van der Waals surface area contributed by atoms with Gasteiger partial charge in [-0.1, -0.05) is 0 Å².